The number of rotatable bonds is 2. The lowest BCUT2D eigenvalue weighted by molar-refractivity contribution is -0.143. The summed E-state index contributed by atoms with van der Waals surface area (Å²) in [5.41, 5.74) is 0.341. The number of urea groups is 1. The van der Waals surface area contributed by atoms with E-state index in [-0.39, 0.29) is 16.6 Å². The van der Waals surface area contributed by atoms with Crippen LogP contribution in [0.3, 0.4) is 0 Å². The average Bonchev–Trinajstić information content (AvgIpc) is 2.44. The van der Waals surface area contributed by atoms with Crippen molar-refractivity contribution in [2.75, 3.05) is 18.4 Å². The highest BCUT2D eigenvalue weighted by atomic mass is 35.5. The van der Waals surface area contributed by atoms with Gasteiger partial charge in [-0.05, 0) is 25.0 Å². The quantitative estimate of drug-likeness (QED) is 0.792. The van der Waals surface area contributed by atoms with Gasteiger partial charge >= 0.3 is 12.0 Å². The summed E-state index contributed by atoms with van der Waals surface area (Å²) in [5, 5.41) is 12.5. The standard InChI is InChI=1S/C13H13Cl3N2O3/c14-8-4-10(16)11(5-9(8)15)17-13(21)18-3-1-2-7(6-18)12(19)20/h4-5,7H,1-3,6H2,(H,17,21)(H,19,20). The van der Waals surface area contributed by atoms with Gasteiger partial charge in [0.2, 0.25) is 0 Å². The highest BCUT2D eigenvalue weighted by molar-refractivity contribution is 6.44. The highest BCUT2D eigenvalue weighted by Crippen LogP contribution is 2.32. The third kappa shape index (κ3) is 3.93. The van der Waals surface area contributed by atoms with Crippen LogP contribution in [0.5, 0.6) is 0 Å². The van der Waals surface area contributed by atoms with Crippen molar-refractivity contribution < 1.29 is 14.7 Å². The minimum atomic E-state index is -0.889. The third-order valence-corrected chi connectivity index (χ3v) is 4.34. The molecule has 1 aliphatic heterocycles. The van der Waals surface area contributed by atoms with Gasteiger partial charge in [0.05, 0.1) is 26.7 Å². The molecule has 114 valence electrons. The first kappa shape index (κ1) is 16.2. The Bertz CT molecular complexity index is 580. The topological polar surface area (TPSA) is 69.6 Å². The van der Waals surface area contributed by atoms with Gasteiger partial charge in [0.1, 0.15) is 0 Å². The number of likely N-dealkylation sites (tertiary alicyclic amines) is 1. The summed E-state index contributed by atoms with van der Waals surface area (Å²) in [6.45, 7) is 0.689. The molecule has 1 aromatic rings. The number of hydrogen-bond acceptors (Lipinski definition) is 2. The SMILES string of the molecule is O=C(O)C1CCCN(C(=O)Nc2cc(Cl)c(Cl)cc2Cl)C1. The van der Waals surface area contributed by atoms with E-state index < -0.39 is 17.9 Å². The fraction of sp³-hybridized carbons (Fsp3) is 0.385. The molecule has 1 aliphatic rings. The Morgan fingerprint density at radius 1 is 1.19 bits per heavy atom. The Hall–Kier alpha value is -1.17. The van der Waals surface area contributed by atoms with Crippen LogP contribution < -0.4 is 5.32 Å². The van der Waals surface area contributed by atoms with Gasteiger partial charge in [-0.3, -0.25) is 4.79 Å². The molecule has 1 saturated heterocycles. The molecule has 1 heterocycles. The van der Waals surface area contributed by atoms with Gasteiger partial charge in [-0.2, -0.15) is 0 Å². The van der Waals surface area contributed by atoms with Gasteiger partial charge in [0.25, 0.3) is 0 Å². The Kier molecular flexibility index (Phi) is 5.19. The van der Waals surface area contributed by atoms with Crippen LogP contribution in [-0.4, -0.2) is 35.1 Å². The summed E-state index contributed by atoms with van der Waals surface area (Å²) in [7, 11) is 0. The number of amides is 2. The zero-order valence-electron chi connectivity index (χ0n) is 10.9. The number of carboxylic acids is 1. The summed E-state index contributed by atoms with van der Waals surface area (Å²) in [6.07, 6.45) is 1.23. The van der Waals surface area contributed by atoms with Crippen LogP contribution in [0, 0.1) is 5.92 Å². The zero-order chi connectivity index (χ0) is 15.6. The smallest absolute Gasteiger partial charge is 0.321 e. The second kappa shape index (κ2) is 6.73. The molecule has 1 fully saturated rings. The van der Waals surface area contributed by atoms with Gasteiger partial charge in [0.15, 0.2) is 0 Å². The van der Waals surface area contributed by atoms with Crippen molar-refractivity contribution in [1.82, 2.24) is 4.90 Å². The monoisotopic (exact) mass is 350 g/mol. The number of nitrogens with zero attached hydrogens (tertiary/aromatic N) is 1. The highest BCUT2D eigenvalue weighted by Gasteiger charge is 2.28. The van der Waals surface area contributed by atoms with Crippen molar-refractivity contribution in [3.8, 4) is 0 Å². The van der Waals surface area contributed by atoms with Gasteiger partial charge in [-0.15, -0.1) is 0 Å². The molecular weight excluding hydrogens is 339 g/mol. The van der Waals surface area contributed by atoms with Gasteiger partial charge < -0.3 is 15.3 Å². The lowest BCUT2D eigenvalue weighted by Gasteiger charge is -2.30. The Morgan fingerprint density at radius 3 is 2.52 bits per heavy atom. The number of halogens is 3. The number of carbonyl (C=O) groups is 2. The molecule has 8 heteroatoms. The predicted octanol–water partition coefficient (Wildman–Crippen LogP) is 3.98. The van der Waals surface area contributed by atoms with Gasteiger partial charge in [-0.1, -0.05) is 34.8 Å². The summed E-state index contributed by atoms with van der Waals surface area (Å²) in [4.78, 5) is 24.6. The van der Waals surface area contributed by atoms with E-state index in [1.165, 1.54) is 17.0 Å². The largest absolute Gasteiger partial charge is 0.481 e. The molecule has 0 aliphatic carbocycles. The maximum atomic E-state index is 12.2. The maximum absolute atomic E-state index is 12.2. The molecule has 0 saturated carbocycles. The van der Waals surface area contributed by atoms with E-state index in [1.54, 1.807) is 0 Å². The number of hydrogen-bond donors (Lipinski definition) is 2. The molecule has 2 amide bonds. The van der Waals surface area contributed by atoms with Crippen molar-refractivity contribution in [3.63, 3.8) is 0 Å². The first-order valence-corrected chi connectivity index (χ1v) is 7.45. The first-order chi connectivity index (χ1) is 9.88. The lowest BCUT2D eigenvalue weighted by atomic mass is 9.99. The van der Waals surface area contributed by atoms with Crippen molar-refractivity contribution in [1.29, 1.82) is 0 Å². The fourth-order valence-corrected chi connectivity index (χ4v) is 2.77. The summed E-state index contributed by atoms with van der Waals surface area (Å²) in [6, 6.07) is 2.50. The van der Waals surface area contributed by atoms with Crippen LogP contribution in [0.2, 0.25) is 15.1 Å². The number of aliphatic carboxylic acids is 1. The summed E-state index contributed by atoms with van der Waals surface area (Å²) >= 11 is 17.7. The Balaban J connectivity index is 2.07. The Morgan fingerprint density at radius 2 is 1.86 bits per heavy atom. The minimum absolute atomic E-state index is 0.181. The van der Waals surface area contributed by atoms with Crippen LogP contribution in [-0.2, 0) is 4.79 Å². The average molecular weight is 352 g/mol. The second-order valence-electron chi connectivity index (χ2n) is 4.80. The number of nitrogens with one attached hydrogen (secondary N) is 1. The molecule has 0 spiro atoms. The van der Waals surface area contributed by atoms with Crippen LogP contribution >= 0.6 is 34.8 Å². The van der Waals surface area contributed by atoms with Crippen molar-refractivity contribution >= 4 is 52.5 Å². The fourth-order valence-electron chi connectivity index (χ4n) is 2.18. The van der Waals surface area contributed by atoms with Gasteiger partial charge in [0, 0.05) is 13.1 Å². The zero-order valence-corrected chi connectivity index (χ0v) is 13.2. The van der Waals surface area contributed by atoms with Crippen molar-refractivity contribution in [3.05, 3.63) is 27.2 Å². The number of benzene rings is 1. The van der Waals surface area contributed by atoms with Crippen molar-refractivity contribution in [2.24, 2.45) is 5.92 Å². The van der Waals surface area contributed by atoms with Crippen LogP contribution in [0.1, 0.15) is 12.8 Å². The maximum Gasteiger partial charge on any atom is 0.321 e. The van der Waals surface area contributed by atoms with E-state index in [9.17, 15) is 9.59 Å². The number of anilines is 1. The molecule has 1 unspecified atom stereocenters. The van der Waals surface area contributed by atoms with Crippen LogP contribution in [0.4, 0.5) is 10.5 Å². The minimum Gasteiger partial charge on any atom is -0.481 e. The van der Waals surface area contributed by atoms with E-state index in [0.717, 1.165) is 0 Å². The van der Waals surface area contributed by atoms with Gasteiger partial charge in [-0.25, -0.2) is 4.79 Å². The Labute approximate surface area is 136 Å². The molecule has 0 bridgehead atoms. The molecule has 5 nitrogen and oxygen atoms in total. The van der Waals surface area contributed by atoms with Crippen LogP contribution in [0.25, 0.3) is 0 Å². The summed E-state index contributed by atoms with van der Waals surface area (Å²) in [5.74, 6) is -1.42. The van der Waals surface area contributed by atoms with E-state index in [0.29, 0.717) is 30.1 Å². The van der Waals surface area contributed by atoms with E-state index in [4.69, 9.17) is 39.9 Å². The molecular formula is C13H13Cl3N2O3. The summed E-state index contributed by atoms with van der Waals surface area (Å²) < 4.78 is 0. The van der Waals surface area contributed by atoms with E-state index in [1.807, 2.05) is 0 Å². The molecule has 1 atom stereocenters. The number of carbonyl (C=O) groups excluding carboxylic acids is 1. The number of carboxylic acid groups (broad SMARTS) is 1. The van der Waals surface area contributed by atoms with E-state index >= 15 is 0 Å². The first-order valence-electron chi connectivity index (χ1n) is 6.31. The normalized spacial score (nSPS) is 18.4. The molecule has 0 radical (unpaired) electrons. The molecule has 1 aromatic carbocycles. The molecule has 2 rings (SSSR count). The van der Waals surface area contributed by atoms with E-state index in [2.05, 4.69) is 5.32 Å². The lowest BCUT2D eigenvalue weighted by Crippen LogP contribution is -2.44. The molecule has 2 N–H and O–H groups in total. The third-order valence-electron chi connectivity index (χ3n) is 3.31. The molecule has 0 aromatic heterocycles. The molecule has 21 heavy (non-hydrogen) atoms. The predicted molar refractivity (Wildman–Crippen MR) is 82.4 cm³/mol. The van der Waals surface area contributed by atoms with Crippen molar-refractivity contribution in [2.45, 2.75) is 12.8 Å². The van der Waals surface area contributed by atoms with Crippen LogP contribution in [0.15, 0.2) is 12.1 Å². The number of piperidine rings is 1. The second-order valence-corrected chi connectivity index (χ2v) is 6.02.